The van der Waals surface area contributed by atoms with Crippen molar-refractivity contribution in [1.29, 1.82) is 0 Å². The molecule has 1 N–H and O–H groups in total. The van der Waals surface area contributed by atoms with Crippen LogP contribution in [0.3, 0.4) is 0 Å². The summed E-state index contributed by atoms with van der Waals surface area (Å²) in [5, 5.41) is 14.5. The fraction of sp³-hybridized carbons (Fsp3) is 0.222. The van der Waals surface area contributed by atoms with E-state index in [9.17, 15) is 4.39 Å². The first-order chi connectivity index (χ1) is 7.25. The number of fused-ring (bicyclic) bond motifs is 3. The molecule has 0 amide bonds. The van der Waals surface area contributed by atoms with Crippen LogP contribution in [0, 0.1) is 5.82 Å². The number of benzene rings is 1. The molecule has 3 rings (SSSR count). The van der Waals surface area contributed by atoms with Crippen LogP contribution in [0.2, 0.25) is 0 Å². The molecule has 0 saturated heterocycles. The Kier molecular flexibility index (Phi) is 1.53. The van der Waals surface area contributed by atoms with Gasteiger partial charge in [0, 0.05) is 0 Å². The van der Waals surface area contributed by atoms with Crippen LogP contribution in [0.1, 0.15) is 18.8 Å². The summed E-state index contributed by atoms with van der Waals surface area (Å²) >= 11 is 0. The maximum atomic E-state index is 13.0. The Morgan fingerprint density at radius 2 is 2.33 bits per heavy atom. The van der Waals surface area contributed by atoms with E-state index >= 15 is 0 Å². The first-order valence-corrected chi connectivity index (χ1v) is 4.60. The zero-order valence-electron chi connectivity index (χ0n) is 7.98. The second kappa shape index (κ2) is 2.75. The van der Waals surface area contributed by atoms with Gasteiger partial charge in [-0.25, -0.2) is 4.39 Å². The molecule has 0 bridgehead atoms. The molecule has 2 heterocycles. The number of nitrogens with zero attached hydrogens (tertiary/aromatic N) is 4. The Bertz CT molecular complexity index is 521. The molecule has 0 radical (unpaired) electrons. The van der Waals surface area contributed by atoms with Crippen molar-refractivity contribution in [3.8, 4) is 5.69 Å². The fourth-order valence-corrected chi connectivity index (χ4v) is 1.74. The lowest BCUT2D eigenvalue weighted by atomic mass is 10.1. The zero-order valence-corrected chi connectivity index (χ0v) is 7.98. The minimum atomic E-state index is -0.273. The smallest absolute Gasteiger partial charge is 0.178 e. The highest BCUT2D eigenvalue weighted by Crippen LogP contribution is 2.30. The van der Waals surface area contributed by atoms with Crippen LogP contribution in [0.4, 0.5) is 10.1 Å². The minimum absolute atomic E-state index is 0.0192. The molecule has 1 aliphatic rings. The Morgan fingerprint density at radius 3 is 3.20 bits per heavy atom. The SMILES string of the molecule is CC1Nc2cc(F)ccc2-n2nnnc21. The summed E-state index contributed by atoms with van der Waals surface area (Å²) in [6, 6.07) is 4.47. The number of rotatable bonds is 0. The average molecular weight is 205 g/mol. The number of nitrogens with one attached hydrogen (secondary N) is 1. The third-order valence-corrected chi connectivity index (χ3v) is 2.44. The molecule has 1 atom stereocenters. The lowest BCUT2D eigenvalue weighted by molar-refractivity contribution is 0.623. The van der Waals surface area contributed by atoms with Crippen molar-refractivity contribution in [3.05, 3.63) is 29.8 Å². The molecular formula is C9H8FN5. The molecule has 15 heavy (non-hydrogen) atoms. The van der Waals surface area contributed by atoms with Gasteiger partial charge in [0.2, 0.25) is 0 Å². The molecule has 1 unspecified atom stereocenters. The molecule has 1 aromatic carbocycles. The van der Waals surface area contributed by atoms with E-state index < -0.39 is 0 Å². The van der Waals surface area contributed by atoms with E-state index in [4.69, 9.17) is 0 Å². The van der Waals surface area contributed by atoms with Crippen LogP contribution in [-0.2, 0) is 0 Å². The predicted molar refractivity (Wildman–Crippen MR) is 51.1 cm³/mol. The Hall–Kier alpha value is -1.98. The van der Waals surface area contributed by atoms with Crippen molar-refractivity contribution in [2.75, 3.05) is 5.32 Å². The highest BCUT2D eigenvalue weighted by atomic mass is 19.1. The van der Waals surface area contributed by atoms with Gasteiger partial charge >= 0.3 is 0 Å². The Balaban J connectivity index is 2.27. The quantitative estimate of drug-likeness (QED) is 0.704. The highest BCUT2D eigenvalue weighted by molar-refractivity contribution is 5.63. The second-order valence-corrected chi connectivity index (χ2v) is 3.48. The molecule has 0 fully saturated rings. The molecular weight excluding hydrogens is 197 g/mol. The predicted octanol–water partition coefficient (Wildman–Crippen LogP) is 1.29. The first-order valence-electron chi connectivity index (χ1n) is 4.60. The van der Waals surface area contributed by atoms with Crippen molar-refractivity contribution in [1.82, 2.24) is 20.2 Å². The van der Waals surface area contributed by atoms with Gasteiger partial charge < -0.3 is 5.32 Å². The number of tetrazole rings is 1. The molecule has 0 spiro atoms. The molecule has 0 aliphatic carbocycles. The van der Waals surface area contributed by atoms with Crippen LogP contribution in [0.5, 0.6) is 0 Å². The summed E-state index contributed by atoms with van der Waals surface area (Å²) in [4.78, 5) is 0. The largest absolute Gasteiger partial charge is 0.373 e. The normalized spacial score (nSPS) is 17.9. The second-order valence-electron chi connectivity index (χ2n) is 3.48. The molecule has 0 saturated carbocycles. The summed E-state index contributed by atoms with van der Waals surface area (Å²) in [6.45, 7) is 1.93. The number of hydrogen-bond donors (Lipinski definition) is 1. The number of hydrogen-bond acceptors (Lipinski definition) is 4. The van der Waals surface area contributed by atoms with Crippen LogP contribution >= 0.6 is 0 Å². The molecule has 6 heteroatoms. The third-order valence-electron chi connectivity index (χ3n) is 2.44. The first kappa shape index (κ1) is 8.34. The lowest BCUT2D eigenvalue weighted by Gasteiger charge is -2.23. The summed E-state index contributed by atoms with van der Waals surface area (Å²) in [7, 11) is 0. The topological polar surface area (TPSA) is 55.6 Å². The van der Waals surface area contributed by atoms with Gasteiger partial charge in [0.05, 0.1) is 17.4 Å². The Morgan fingerprint density at radius 1 is 1.47 bits per heavy atom. The van der Waals surface area contributed by atoms with Crippen LogP contribution in [0.25, 0.3) is 5.69 Å². The number of aromatic nitrogens is 4. The van der Waals surface area contributed by atoms with Gasteiger partial charge in [-0.05, 0) is 35.5 Å². The van der Waals surface area contributed by atoms with Crippen molar-refractivity contribution in [2.24, 2.45) is 0 Å². The van der Waals surface area contributed by atoms with Crippen LogP contribution < -0.4 is 5.32 Å². The molecule has 5 nitrogen and oxygen atoms in total. The highest BCUT2D eigenvalue weighted by Gasteiger charge is 2.23. The van der Waals surface area contributed by atoms with E-state index in [2.05, 4.69) is 20.8 Å². The summed E-state index contributed by atoms with van der Waals surface area (Å²) in [6.07, 6.45) is 0. The van der Waals surface area contributed by atoms with Crippen LogP contribution in [-0.4, -0.2) is 20.2 Å². The lowest BCUT2D eigenvalue weighted by Crippen LogP contribution is -2.20. The van der Waals surface area contributed by atoms with E-state index in [0.717, 1.165) is 11.5 Å². The number of halogens is 1. The summed E-state index contributed by atoms with van der Waals surface area (Å²) in [5.41, 5.74) is 1.48. The van der Waals surface area contributed by atoms with Gasteiger partial charge in [-0.15, -0.1) is 5.10 Å². The van der Waals surface area contributed by atoms with Crippen molar-refractivity contribution >= 4 is 5.69 Å². The van der Waals surface area contributed by atoms with E-state index in [0.29, 0.717) is 5.69 Å². The van der Waals surface area contributed by atoms with E-state index in [1.54, 1.807) is 10.7 Å². The van der Waals surface area contributed by atoms with Gasteiger partial charge in [0.15, 0.2) is 5.82 Å². The van der Waals surface area contributed by atoms with Crippen molar-refractivity contribution in [3.63, 3.8) is 0 Å². The van der Waals surface area contributed by atoms with Gasteiger partial charge in [0.25, 0.3) is 0 Å². The van der Waals surface area contributed by atoms with Crippen molar-refractivity contribution < 1.29 is 4.39 Å². The standard InChI is InChI=1S/C9H8FN5/c1-5-9-12-13-14-15(9)8-3-2-6(10)4-7(8)11-5/h2-5,11H,1H3. The fourth-order valence-electron chi connectivity index (χ4n) is 1.74. The molecule has 1 aromatic heterocycles. The van der Waals surface area contributed by atoms with Gasteiger partial charge in [-0.2, -0.15) is 4.68 Å². The maximum absolute atomic E-state index is 13.0. The van der Waals surface area contributed by atoms with Gasteiger partial charge in [0.1, 0.15) is 5.82 Å². The summed E-state index contributed by atoms with van der Waals surface area (Å²) in [5.74, 6) is 0.457. The third kappa shape index (κ3) is 1.11. The Labute approximate surface area is 84.9 Å². The number of anilines is 1. The molecule has 2 aromatic rings. The van der Waals surface area contributed by atoms with Crippen molar-refractivity contribution in [2.45, 2.75) is 13.0 Å². The maximum Gasteiger partial charge on any atom is 0.178 e. The van der Waals surface area contributed by atoms with E-state index in [1.165, 1.54) is 12.1 Å². The molecule has 76 valence electrons. The summed E-state index contributed by atoms with van der Waals surface area (Å²) < 4.78 is 14.6. The van der Waals surface area contributed by atoms with Crippen LogP contribution in [0.15, 0.2) is 18.2 Å². The van der Waals surface area contributed by atoms with E-state index in [-0.39, 0.29) is 11.9 Å². The monoisotopic (exact) mass is 205 g/mol. The average Bonchev–Trinajstić information content (AvgIpc) is 2.66. The minimum Gasteiger partial charge on any atom is -0.373 e. The van der Waals surface area contributed by atoms with Gasteiger partial charge in [-0.3, -0.25) is 0 Å². The van der Waals surface area contributed by atoms with Gasteiger partial charge in [-0.1, -0.05) is 0 Å². The van der Waals surface area contributed by atoms with E-state index in [1.807, 2.05) is 6.92 Å². The zero-order chi connectivity index (χ0) is 10.4. The molecule has 1 aliphatic heterocycles.